The maximum atomic E-state index is 11.4. The van der Waals surface area contributed by atoms with Gasteiger partial charge in [-0.2, -0.15) is 0 Å². The molecule has 0 aliphatic carbocycles. The van der Waals surface area contributed by atoms with Crippen LogP contribution in [0.3, 0.4) is 0 Å². The minimum absolute atomic E-state index is 0.179. The summed E-state index contributed by atoms with van der Waals surface area (Å²) in [6.45, 7) is 2.01. The first kappa shape index (κ1) is 10.9. The molecule has 0 bridgehead atoms. The Morgan fingerprint density at radius 2 is 2.00 bits per heavy atom. The van der Waals surface area contributed by atoms with Crippen molar-refractivity contribution in [3.63, 3.8) is 0 Å². The highest BCUT2D eigenvalue weighted by Gasteiger charge is 2.02. The molecular weight excluding hydrogens is 224 g/mol. The van der Waals surface area contributed by atoms with Crippen molar-refractivity contribution in [2.75, 3.05) is 0 Å². The van der Waals surface area contributed by atoms with E-state index in [-0.39, 0.29) is 11.4 Å². The number of hydrogen-bond donors (Lipinski definition) is 1. The molecule has 0 amide bonds. The SMILES string of the molecule is Cc1ccc(-c2cc(=O)[nH]c(CCl)n2)cc1. The van der Waals surface area contributed by atoms with E-state index >= 15 is 0 Å². The second kappa shape index (κ2) is 4.49. The van der Waals surface area contributed by atoms with E-state index in [9.17, 15) is 4.79 Å². The van der Waals surface area contributed by atoms with Crippen molar-refractivity contribution < 1.29 is 0 Å². The van der Waals surface area contributed by atoms with E-state index in [4.69, 9.17) is 11.6 Å². The average Bonchev–Trinajstić information content (AvgIpc) is 2.29. The second-order valence-corrected chi connectivity index (χ2v) is 3.84. The molecule has 0 fully saturated rings. The van der Waals surface area contributed by atoms with Gasteiger partial charge in [0.2, 0.25) is 0 Å². The molecule has 0 aliphatic heterocycles. The summed E-state index contributed by atoms with van der Waals surface area (Å²) in [5, 5.41) is 0. The fourth-order valence-corrected chi connectivity index (χ4v) is 1.57. The van der Waals surface area contributed by atoms with Crippen molar-refractivity contribution in [1.82, 2.24) is 9.97 Å². The number of alkyl halides is 1. The van der Waals surface area contributed by atoms with Gasteiger partial charge in [0.25, 0.3) is 5.56 Å². The van der Waals surface area contributed by atoms with Gasteiger partial charge in [-0.15, -0.1) is 11.6 Å². The summed E-state index contributed by atoms with van der Waals surface area (Å²) < 4.78 is 0. The highest BCUT2D eigenvalue weighted by Crippen LogP contribution is 2.16. The van der Waals surface area contributed by atoms with Crippen molar-refractivity contribution in [2.24, 2.45) is 0 Å². The molecule has 2 rings (SSSR count). The van der Waals surface area contributed by atoms with Gasteiger partial charge in [0.15, 0.2) is 0 Å². The van der Waals surface area contributed by atoms with Crippen LogP contribution in [0.2, 0.25) is 0 Å². The molecule has 0 spiro atoms. The zero-order valence-corrected chi connectivity index (χ0v) is 9.58. The van der Waals surface area contributed by atoms with E-state index < -0.39 is 0 Å². The second-order valence-electron chi connectivity index (χ2n) is 3.58. The smallest absolute Gasteiger partial charge is 0.251 e. The molecule has 0 saturated heterocycles. The lowest BCUT2D eigenvalue weighted by molar-refractivity contribution is 1.00. The number of benzene rings is 1. The quantitative estimate of drug-likeness (QED) is 0.812. The molecule has 1 aromatic carbocycles. The van der Waals surface area contributed by atoms with E-state index in [1.54, 1.807) is 0 Å². The summed E-state index contributed by atoms with van der Waals surface area (Å²) in [7, 11) is 0. The van der Waals surface area contributed by atoms with Crippen molar-refractivity contribution in [2.45, 2.75) is 12.8 Å². The van der Waals surface area contributed by atoms with Gasteiger partial charge in [0, 0.05) is 11.6 Å². The van der Waals surface area contributed by atoms with E-state index in [2.05, 4.69) is 9.97 Å². The molecule has 2 aromatic rings. The Kier molecular flexibility index (Phi) is 3.06. The van der Waals surface area contributed by atoms with Crippen LogP contribution < -0.4 is 5.56 Å². The summed E-state index contributed by atoms with van der Waals surface area (Å²) >= 11 is 5.65. The Bertz CT molecular complexity index is 546. The van der Waals surface area contributed by atoms with Crippen LogP contribution in [0.4, 0.5) is 0 Å². The van der Waals surface area contributed by atoms with Gasteiger partial charge >= 0.3 is 0 Å². The minimum Gasteiger partial charge on any atom is -0.310 e. The summed E-state index contributed by atoms with van der Waals surface area (Å²) in [4.78, 5) is 18.2. The molecule has 0 unspecified atom stereocenters. The molecular formula is C12H11ClN2O. The van der Waals surface area contributed by atoms with Crippen molar-refractivity contribution >= 4 is 11.6 Å². The fourth-order valence-electron chi connectivity index (χ4n) is 1.44. The van der Waals surface area contributed by atoms with Crippen LogP contribution in [0.1, 0.15) is 11.4 Å². The van der Waals surface area contributed by atoms with Gasteiger partial charge in [0.1, 0.15) is 5.82 Å². The van der Waals surface area contributed by atoms with Crippen LogP contribution in [0.5, 0.6) is 0 Å². The first-order chi connectivity index (χ1) is 7.69. The Morgan fingerprint density at radius 3 is 2.62 bits per heavy atom. The number of aryl methyl sites for hydroxylation is 1. The molecule has 3 nitrogen and oxygen atoms in total. The number of aromatic amines is 1. The van der Waals surface area contributed by atoms with Crippen molar-refractivity contribution in [3.05, 3.63) is 52.1 Å². The number of rotatable bonds is 2. The predicted octanol–water partition coefficient (Wildman–Crippen LogP) is 2.48. The standard InChI is InChI=1S/C12H11ClN2O/c1-8-2-4-9(5-3-8)10-6-12(16)15-11(7-13)14-10/h2-6H,7H2,1H3,(H,14,15,16). The van der Waals surface area contributed by atoms with Gasteiger partial charge < -0.3 is 4.98 Å². The van der Waals surface area contributed by atoms with Gasteiger partial charge in [-0.3, -0.25) is 4.79 Å². The van der Waals surface area contributed by atoms with Gasteiger partial charge in [-0.1, -0.05) is 29.8 Å². The number of aromatic nitrogens is 2. The molecule has 0 radical (unpaired) electrons. The lowest BCUT2D eigenvalue weighted by Crippen LogP contribution is -2.09. The van der Waals surface area contributed by atoms with Gasteiger partial charge in [-0.05, 0) is 6.92 Å². The number of halogens is 1. The minimum atomic E-state index is -0.179. The highest BCUT2D eigenvalue weighted by atomic mass is 35.5. The summed E-state index contributed by atoms with van der Waals surface area (Å²) in [5.74, 6) is 0.694. The highest BCUT2D eigenvalue weighted by molar-refractivity contribution is 6.16. The van der Waals surface area contributed by atoms with Crippen LogP contribution in [0, 0.1) is 6.92 Å². The van der Waals surface area contributed by atoms with Crippen LogP contribution in [-0.2, 0) is 5.88 Å². The summed E-state index contributed by atoms with van der Waals surface area (Å²) in [6.07, 6.45) is 0. The molecule has 0 atom stereocenters. The maximum absolute atomic E-state index is 11.4. The maximum Gasteiger partial charge on any atom is 0.251 e. The molecule has 1 aromatic heterocycles. The molecule has 1 heterocycles. The third kappa shape index (κ3) is 2.31. The molecule has 0 saturated carbocycles. The first-order valence-electron chi connectivity index (χ1n) is 4.92. The first-order valence-corrected chi connectivity index (χ1v) is 5.46. The van der Waals surface area contributed by atoms with Crippen LogP contribution in [-0.4, -0.2) is 9.97 Å². The van der Waals surface area contributed by atoms with E-state index in [1.807, 2.05) is 31.2 Å². The lowest BCUT2D eigenvalue weighted by atomic mass is 10.1. The third-order valence-electron chi connectivity index (χ3n) is 2.26. The predicted molar refractivity (Wildman–Crippen MR) is 64.6 cm³/mol. The van der Waals surface area contributed by atoms with E-state index in [1.165, 1.54) is 11.6 Å². The third-order valence-corrected chi connectivity index (χ3v) is 2.52. The normalized spacial score (nSPS) is 10.4. The Morgan fingerprint density at radius 1 is 1.31 bits per heavy atom. The van der Waals surface area contributed by atoms with E-state index in [0.29, 0.717) is 11.5 Å². The van der Waals surface area contributed by atoms with Gasteiger partial charge in [0.05, 0.1) is 11.6 Å². The molecule has 4 heteroatoms. The van der Waals surface area contributed by atoms with Crippen LogP contribution in [0.25, 0.3) is 11.3 Å². The average molecular weight is 235 g/mol. The van der Waals surface area contributed by atoms with Crippen LogP contribution in [0.15, 0.2) is 35.1 Å². The zero-order valence-electron chi connectivity index (χ0n) is 8.83. The molecule has 0 aliphatic rings. The lowest BCUT2D eigenvalue weighted by Gasteiger charge is -2.02. The number of nitrogens with zero attached hydrogens (tertiary/aromatic N) is 1. The summed E-state index contributed by atoms with van der Waals surface area (Å²) in [5.41, 5.74) is 2.56. The van der Waals surface area contributed by atoms with Gasteiger partial charge in [-0.25, -0.2) is 4.98 Å². The number of H-pyrrole nitrogens is 1. The molecule has 16 heavy (non-hydrogen) atoms. The number of nitrogens with one attached hydrogen (secondary N) is 1. The zero-order chi connectivity index (χ0) is 11.5. The fraction of sp³-hybridized carbons (Fsp3) is 0.167. The Labute approximate surface area is 98.1 Å². The Balaban J connectivity index is 2.51. The molecule has 82 valence electrons. The summed E-state index contributed by atoms with van der Waals surface area (Å²) in [6, 6.07) is 9.32. The monoisotopic (exact) mass is 234 g/mol. The van der Waals surface area contributed by atoms with Crippen molar-refractivity contribution in [3.8, 4) is 11.3 Å². The van der Waals surface area contributed by atoms with Crippen molar-refractivity contribution in [1.29, 1.82) is 0 Å². The number of hydrogen-bond acceptors (Lipinski definition) is 2. The Hall–Kier alpha value is -1.61. The topological polar surface area (TPSA) is 45.8 Å². The molecule has 1 N–H and O–H groups in total. The largest absolute Gasteiger partial charge is 0.310 e. The van der Waals surface area contributed by atoms with Crippen LogP contribution >= 0.6 is 11.6 Å². The van der Waals surface area contributed by atoms with E-state index in [0.717, 1.165) is 5.56 Å².